The maximum atomic E-state index is 14.0. The van der Waals surface area contributed by atoms with Crippen molar-refractivity contribution in [1.82, 2.24) is 29.7 Å². The number of nitrogens with one attached hydrogen (secondary N) is 2. The molecule has 12 nitrogen and oxygen atoms in total. The number of fused-ring (bicyclic) bond motifs is 2. The lowest BCUT2D eigenvalue weighted by atomic mass is 9.94. The summed E-state index contributed by atoms with van der Waals surface area (Å²) in [5, 5.41) is 0. The van der Waals surface area contributed by atoms with E-state index in [1.165, 1.54) is 14.2 Å². The molecule has 0 radical (unpaired) electrons. The zero-order valence-corrected chi connectivity index (χ0v) is 32.4. The third kappa shape index (κ3) is 7.93. The normalized spacial score (nSPS) is 17.5. The van der Waals surface area contributed by atoms with Crippen LogP contribution in [0.4, 0.5) is 0 Å². The van der Waals surface area contributed by atoms with Crippen LogP contribution in [0.3, 0.4) is 0 Å². The molecular formula is C46H44N6O6. The second kappa shape index (κ2) is 16.8. The van der Waals surface area contributed by atoms with Crippen molar-refractivity contribution in [2.45, 2.75) is 62.4 Å². The van der Waals surface area contributed by atoms with Crippen LogP contribution in [-0.2, 0) is 28.7 Å². The van der Waals surface area contributed by atoms with Gasteiger partial charge >= 0.3 is 11.9 Å². The van der Waals surface area contributed by atoms with Crippen LogP contribution >= 0.6 is 0 Å². The number of methoxy groups -OCH3 is 2. The molecule has 12 heteroatoms. The number of likely N-dealkylation sites (tertiary alicyclic amines) is 2. The largest absolute Gasteiger partial charge is 0.469 e. The lowest BCUT2D eigenvalue weighted by Crippen LogP contribution is -2.36. The minimum absolute atomic E-state index is 0.0331. The average Bonchev–Trinajstić information content (AvgIpc) is 4.09. The molecule has 0 unspecified atom stereocenters. The summed E-state index contributed by atoms with van der Waals surface area (Å²) in [7, 11) is 2.67. The predicted octanol–water partition coefficient (Wildman–Crippen LogP) is 6.86. The van der Waals surface area contributed by atoms with E-state index in [9.17, 15) is 19.2 Å². The van der Waals surface area contributed by atoms with Crippen LogP contribution in [0.1, 0.15) is 96.3 Å². The van der Waals surface area contributed by atoms with Gasteiger partial charge in [0.05, 0.1) is 73.0 Å². The summed E-state index contributed by atoms with van der Waals surface area (Å²) < 4.78 is 9.88. The smallest absolute Gasteiger partial charge is 0.306 e. The molecule has 2 aliphatic rings. The van der Waals surface area contributed by atoms with Gasteiger partial charge in [-0.1, -0.05) is 72.5 Å². The van der Waals surface area contributed by atoms with Gasteiger partial charge in [-0.05, 0) is 73.2 Å². The molecule has 2 aliphatic heterocycles. The SMILES string of the molecule is COC(=O)C[C@@H](C(=O)N1CCC[C@H]1c1nc2ccc(C#Cc3ccc4nc([C@@H]5CCCN5C(=O)[C@H](CC(=O)OC)c5ccccc5)[nH]c4c3)cc2[nH]1)c1ccccc1. The number of hydrogen-bond donors (Lipinski definition) is 2. The highest BCUT2D eigenvalue weighted by Crippen LogP contribution is 2.37. The van der Waals surface area contributed by atoms with E-state index < -0.39 is 23.8 Å². The fraction of sp³-hybridized carbons (Fsp3) is 0.304. The molecule has 58 heavy (non-hydrogen) atoms. The first kappa shape index (κ1) is 38.1. The number of rotatable bonds is 10. The molecule has 0 aliphatic carbocycles. The van der Waals surface area contributed by atoms with Crippen molar-refractivity contribution in [3.63, 3.8) is 0 Å². The third-order valence-corrected chi connectivity index (χ3v) is 11.3. The second-order valence-corrected chi connectivity index (χ2v) is 14.8. The van der Waals surface area contributed by atoms with Crippen LogP contribution in [0.25, 0.3) is 22.1 Å². The molecule has 2 aromatic heterocycles. The first-order valence-corrected chi connectivity index (χ1v) is 19.7. The van der Waals surface area contributed by atoms with Crippen molar-refractivity contribution in [2.24, 2.45) is 0 Å². The van der Waals surface area contributed by atoms with E-state index in [1.807, 2.05) is 107 Å². The molecule has 4 atom stereocenters. The van der Waals surface area contributed by atoms with Crippen LogP contribution in [0.2, 0.25) is 0 Å². The number of ether oxygens (including phenoxy) is 2. The number of benzene rings is 4. The minimum Gasteiger partial charge on any atom is -0.469 e. The molecule has 0 saturated carbocycles. The summed E-state index contributed by atoms with van der Waals surface area (Å²) in [5.41, 5.74) is 6.36. The first-order valence-electron chi connectivity index (χ1n) is 19.7. The average molecular weight is 777 g/mol. The van der Waals surface area contributed by atoms with Gasteiger partial charge in [0, 0.05) is 24.2 Å². The van der Waals surface area contributed by atoms with Gasteiger partial charge in [-0.15, -0.1) is 0 Å². The summed E-state index contributed by atoms with van der Waals surface area (Å²) in [6.07, 6.45) is 3.11. The second-order valence-electron chi connectivity index (χ2n) is 14.8. The number of carbonyl (C=O) groups excluding carboxylic acids is 4. The molecule has 0 bridgehead atoms. The van der Waals surface area contributed by atoms with Crippen molar-refractivity contribution < 1.29 is 28.7 Å². The van der Waals surface area contributed by atoms with E-state index >= 15 is 0 Å². The van der Waals surface area contributed by atoms with E-state index in [-0.39, 0.29) is 36.7 Å². The highest BCUT2D eigenvalue weighted by atomic mass is 16.5. The molecule has 2 amide bonds. The van der Waals surface area contributed by atoms with Gasteiger partial charge in [0.1, 0.15) is 11.6 Å². The Morgan fingerprint density at radius 1 is 0.638 bits per heavy atom. The van der Waals surface area contributed by atoms with Gasteiger partial charge in [-0.2, -0.15) is 0 Å². The maximum Gasteiger partial charge on any atom is 0.306 e. The van der Waals surface area contributed by atoms with Gasteiger partial charge in [0.2, 0.25) is 11.8 Å². The molecular weight excluding hydrogens is 733 g/mol. The Hall–Kier alpha value is -6.74. The zero-order valence-electron chi connectivity index (χ0n) is 32.4. The highest BCUT2D eigenvalue weighted by Gasteiger charge is 2.38. The summed E-state index contributed by atoms with van der Waals surface area (Å²) in [5.74, 6) is 5.59. The molecule has 6 aromatic rings. The standard InChI is InChI=1S/C46H44N6O6/c1-57-41(53)27-33(31-11-5-3-6-12-31)45(55)51-23-9-15-39(51)43-47-35-21-19-29(25-37(35)49-43)17-18-30-20-22-36-38(26-30)50-44(48-36)40-16-10-24-52(40)46(56)34(28-42(54)58-2)32-13-7-4-8-14-32/h3-8,11-14,19-22,25-26,33-34,39-40H,9-10,15-16,23-24,27-28H2,1-2H3,(H,47,49)(H,48,50)/t33-,34-,39+,40+/m1/s1. The number of hydrogen-bond acceptors (Lipinski definition) is 8. The Kier molecular flexibility index (Phi) is 11.0. The van der Waals surface area contributed by atoms with Crippen LogP contribution < -0.4 is 0 Å². The van der Waals surface area contributed by atoms with Gasteiger partial charge in [0.25, 0.3) is 0 Å². The van der Waals surface area contributed by atoms with E-state index in [4.69, 9.17) is 19.4 Å². The van der Waals surface area contributed by atoms with Crippen LogP contribution in [0, 0.1) is 11.8 Å². The van der Waals surface area contributed by atoms with E-state index in [1.54, 1.807) is 0 Å². The molecule has 4 heterocycles. The number of H-pyrrole nitrogens is 2. The van der Waals surface area contributed by atoms with Crippen molar-refractivity contribution in [3.8, 4) is 11.8 Å². The van der Waals surface area contributed by atoms with Gasteiger partial charge in [-0.25, -0.2) is 9.97 Å². The Bertz CT molecular complexity index is 2360. The maximum absolute atomic E-state index is 14.0. The van der Waals surface area contributed by atoms with Crippen LogP contribution in [-0.4, -0.2) is 80.8 Å². The number of esters is 2. The Morgan fingerprint density at radius 3 is 1.45 bits per heavy atom. The lowest BCUT2D eigenvalue weighted by Gasteiger charge is -2.28. The summed E-state index contributed by atoms with van der Waals surface area (Å²) in [6.45, 7) is 1.15. The topological polar surface area (TPSA) is 151 Å². The van der Waals surface area contributed by atoms with Crippen molar-refractivity contribution in [3.05, 3.63) is 131 Å². The van der Waals surface area contributed by atoms with Crippen molar-refractivity contribution >= 4 is 45.8 Å². The van der Waals surface area contributed by atoms with E-state index in [0.29, 0.717) is 24.7 Å². The molecule has 2 fully saturated rings. The number of aromatic nitrogens is 4. The monoisotopic (exact) mass is 776 g/mol. The Morgan fingerprint density at radius 2 is 1.05 bits per heavy atom. The van der Waals surface area contributed by atoms with Gasteiger partial charge in [-0.3, -0.25) is 19.2 Å². The summed E-state index contributed by atoms with van der Waals surface area (Å²) >= 11 is 0. The molecule has 294 valence electrons. The molecule has 2 saturated heterocycles. The quantitative estimate of drug-likeness (QED) is 0.113. The van der Waals surface area contributed by atoms with Crippen molar-refractivity contribution in [1.29, 1.82) is 0 Å². The number of amides is 2. The molecule has 0 spiro atoms. The van der Waals surface area contributed by atoms with Crippen LogP contribution in [0.5, 0.6) is 0 Å². The Labute approximate surface area is 336 Å². The Balaban J connectivity index is 0.987. The van der Waals surface area contributed by atoms with Crippen molar-refractivity contribution in [2.75, 3.05) is 27.3 Å². The molecule has 4 aromatic carbocycles. The number of aromatic amines is 2. The predicted molar refractivity (Wildman–Crippen MR) is 217 cm³/mol. The van der Waals surface area contributed by atoms with Gasteiger partial charge < -0.3 is 29.2 Å². The summed E-state index contributed by atoms with van der Waals surface area (Å²) in [4.78, 5) is 73.0. The highest BCUT2D eigenvalue weighted by molar-refractivity contribution is 5.90. The third-order valence-electron chi connectivity index (χ3n) is 11.3. The fourth-order valence-corrected chi connectivity index (χ4v) is 8.27. The minimum atomic E-state index is -0.647. The summed E-state index contributed by atoms with van der Waals surface area (Å²) in [6, 6.07) is 29.9. The number of imidazole rings is 2. The lowest BCUT2D eigenvalue weighted by molar-refractivity contribution is -0.145. The fourth-order valence-electron chi connectivity index (χ4n) is 8.27. The van der Waals surface area contributed by atoms with Gasteiger partial charge in [0.15, 0.2) is 0 Å². The number of carbonyl (C=O) groups is 4. The number of nitrogens with zero attached hydrogens (tertiary/aromatic N) is 4. The zero-order chi connectivity index (χ0) is 40.2. The first-order chi connectivity index (χ1) is 28.3. The van der Waals surface area contributed by atoms with E-state index in [2.05, 4.69) is 21.8 Å². The molecule has 8 rings (SSSR count). The van der Waals surface area contributed by atoms with E-state index in [0.717, 1.165) is 70.0 Å². The molecule has 2 N–H and O–H groups in total. The van der Waals surface area contributed by atoms with Crippen LogP contribution in [0.15, 0.2) is 97.1 Å².